The molecule has 0 heterocycles. The van der Waals surface area contributed by atoms with Crippen LogP contribution >= 0.6 is 11.6 Å². The normalized spacial score (nSPS) is 12.3. The van der Waals surface area contributed by atoms with Crippen molar-refractivity contribution in [2.24, 2.45) is 0 Å². The lowest BCUT2D eigenvalue weighted by Gasteiger charge is -2.15. The average Bonchev–Trinajstić information content (AvgIpc) is 2.39. The molecule has 1 aromatic carbocycles. The molecule has 11 heteroatoms. The van der Waals surface area contributed by atoms with Crippen molar-refractivity contribution in [3.05, 3.63) is 28.8 Å². The Labute approximate surface area is 136 Å². The Kier molecular flexibility index (Phi) is 6.25. The van der Waals surface area contributed by atoms with E-state index in [0.29, 0.717) is 6.07 Å². The number of hydrogen-bond acceptors (Lipinski definition) is 3. The monoisotopic (exact) mass is 373 g/mol. The van der Waals surface area contributed by atoms with E-state index in [4.69, 9.17) is 11.6 Å². The lowest BCUT2D eigenvalue weighted by molar-refractivity contribution is -0.136. The van der Waals surface area contributed by atoms with E-state index in [-0.39, 0.29) is 17.3 Å². The zero-order valence-electron chi connectivity index (χ0n) is 12.2. The second-order valence-corrected chi connectivity index (χ2v) is 7.41. The number of hydrogen-bond donors (Lipinski definition) is 2. The van der Waals surface area contributed by atoms with Crippen molar-refractivity contribution in [2.75, 3.05) is 31.7 Å². The molecule has 23 heavy (non-hydrogen) atoms. The van der Waals surface area contributed by atoms with E-state index >= 15 is 0 Å². The van der Waals surface area contributed by atoms with E-state index < -0.39 is 33.5 Å². The SMILES string of the molecule is CN(C)S(=O)(=O)CCNC(=O)Nc1ccc(Cl)cc1C(F)(F)F. The summed E-state index contributed by atoms with van der Waals surface area (Å²) >= 11 is 5.52. The molecule has 1 aromatic rings. The van der Waals surface area contributed by atoms with Gasteiger partial charge in [-0.2, -0.15) is 13.2 Å². The Morgan fingerprint density at radius 2 is 1.91 bits per heavy atom. The first kappa shape index (κ1) is 19.5. The minimum atomic E-state index is -4.69. The molecule has 0 aliphatic rings. The van der Waals surface area contributed by atoms with Crippen LogP contribution in [-0.2, 0) is 16.2 Å². The molecule has 0 atom stereocenters. The molecule has 0 saturated heterocycles. The molecule has 130 valence electrons. The number of sulfonamides is 1. The van der Waals surface area contributed by atoms with Crippen molar-refractivity contribution in [2.45, 2.75) is 6.18 Å². The van der Waals surface area contributed by atoms with E-state index in [2.05, 4.69) is 5.32 Å². The Morgan fingerprint density at radius 3 is 2.43 bits per heavy atom. The number of nitrogens with zero attached hydrogens (tertiary/aromatic N) is 1. The summed E-state index contributed by atoms with van der Waals surface area (Å²) < 4.78 is 62.5. The first-order chi connectivity index (χ1) is 10.4. The van der Waals surface area contributed by atoms with E-state index in [1.807, 2.05) is 5.32 Å². The molecule has 0 unspecified atom stereocenters. The molecule has 0 bridgehead atoms. The number of rotatable bonds is 5. The summed E-state index contributed by atoms with van der Waals surface area (Å²) in [6, 6.07) is 1.95. The summed E-state index contributed by atoms with van der Waals surface area (Å²) in [4.78, 5) is 11.6. The molecule has 2 N–H and O–H groups in total. The lowest BCUT2D eigenvalue weighted by atomic mass is 10.1. The zero-order valence-corrected chi connectivity index (χ0v) is 13.8. The maximum atomic E-state index is 12.9. The maximum absolute atomic E-state index is 12.9. The summed E-state index contributed by atoms with van der Waals surface area (Å²) in [6.07, 6.45) is -4.69. The van der Waals surface area contributed by atoms with Gasteiger partial charge in [-0.15, -0.1) is 0 Å². The molecular formula is C12H15ClF3N3O3S. The van der Waals surface area contributed by atoms with Gasteiger partial charge in [0.2, 0.25) is 10.0 Å². The van der Waals surface area contributed by atoms with Gasteiger partial charge >= 0.3 is 12.2 Å². The second kappa shape index (κ2) is 7.37. The van der Waals surface area contributed by atoms with Crippen LogP contribution in [0.25, 0.3) is 0 Å². The lowest BCUT2D eigenvalue weighted by Crippen LogP contribution is -2.36. The summed E-state index contributed by atoms with van der Waals surface area (Å²) in [5.74, 6) is -0.375. The van der Waals surface area contributed by atoms with E-state index in [1.165, 1.54) is 20.2 Å². The van der Waals surface area contributed by atoms with Gasteiger partial charge in [0.05, 0.1) is 17.0 Å². The van der Waals surface area contributed by atoms with Crippen LogP contribution in [0.3, 0.4) is 0 Å². The van der Waals surface area contributed by atoms with Crippen LogP contribution in [0, 0.1) is 0 Å². The summed E-state index contributed by atoms with van der Waals surface area (Å²) in [5.41, 5.74) is -1.57. The number of benzene rings is 1. The minimum Gasteiger partial charge on any atom is -0.337 e. The van der Waals surface area contributed by atoms with Crippen LogP contribution in [0.15, 0.2) is 18.2 Å². The number of amides is 2. The first-order valence-electron chi connectivity index (χ1n) is 6.25. The number of carbonyl (C=O) groups excluding carboxylic acids is 1. The van der Waals surface area contributed by atoms with Crippen LogP contribution < -0.4 is 10.6 Å². The van der Waals surface area contributed by atoms with Gasteiger partial charge in [0, 0.05) is 25.7 Å². The molecule has 2 amide bonds. The quantitative estimate of drug-likeness (QED) is 0.831. The number of nitrogens with one attached hydrogen (secondary N) is 2. The predicted molar refractivity (Wildman–Crippen MR) is 80.9 cm³/mol. The van der Waals surface area contributed by atoms with Crippen LogP contribution in [0.5, 0.6) is 0 Å². The fraction of sp³-hybridized carbons (Fsp3) is 0.417. The number of alkyl halides is 3. The van der Waals surface area contributed by atoms with Crippen molar-refractivity contribution >= 4 is 33.3 Å². The molecule has 0 radical (unpaired) electrons. The van der Waals surface area contributed by atoms with E-state index in [1.54, 1.807) is 0 Å². The third-order valence-electron chi connectivity index (χ3n) is 2.74. The maximum Gasteiger partial charge on any atom is 0.418 e. The van der Waals surface area contributed by atoms with Gasteiger partial charge in [0.1, 0.15) is 0 Å². The Hall–Kier alpha value is -1.52. The highest BCUT2D eigenvalue weighted by Crippen LogP contribution is 2.36. The molecule has 0 fully saturated rings. The highest BCUT2D eigenvalue weighted by molar-refractivity contribution is 7.89. The highest BCUT2D eigenvalue weighted by atomic mass is 35.5. The number of carbonyl (C=O) groups is 1. The van der Waals surface area contributed by atoms with Crippen LogP contribution in [-0.4, -0.2) is 45.1 Å². The summed E-state index contributed by atoms with van der Waals surface area (Å²) in [5, 5.41) is 4.08. The second-order valence-electron chi connectivity index (χ2n) is 4.67. The molecule has 0 aliphatic carbocycles. The summed E-state index contributed by atoms with van der Waals surface area (Å²) in [6.45, 7) is -0.249. The molecule has 0 saturated carbocycles. The highest BCUT2D eigenvalue weighted by Gasteiger charge is 2.34. The smallest absolute Gasteiger partial charge is 0.337 e. The molecule has 0 aliphatic heterocycles. The number of anilines is 1. The molecule has 1 rings (SSSR count). The van der Waals surface area contributed by atoms with Gasteiger partial charge in [0.25, 0.3) is 0 Å². The molecule has 0 aromatic heterocycles. The fourth-order valence-corrected chi connectivity index (χ4v) is 2.40. The first-order valence-corrected chi connectivity index (χ1v) is 8.24. The van der Waals surface area contributed by atoms with Crippen molar-refractivity contribution in [1.29, 1.82) is 0 Å². The third kappa shape index (κ3) is 5.88. The average molecular weight is 374 g/mol. The van der Waals surface area contributed by atoms with E-state index in [0.717, 1.165) is 10.4 Å². The van der Waals surface area contributed by atoms with Gasteiger partial charge in [0.15, 0.2) is 0 Å². The van der Waals surface area contributed by atoms with Crippen molar-refractivity contribution < 1.29 is 26.4 Å². The van der Waals surface area contributed by atoms with Crippen LogP contribution in [0.1, 0.15) is 5.56 Å². The van der Waals surface area contributed by atoms with Gasteiger partial charge in [-0.25, -0.2) is 17.5 Å². The topological polar surface area (TPSA) is 78.5 Å². The van der Waals surface area contributed by atoms with Crippen molar-refractivity contribution in [3.8, 4) is 0 Å². The Morgan fingerprint density at radius 1 is 1.30 bits per heavy atom. The number of urea groups is 1. The largest absolute Gasteiger partial charge is 0.418 e. The van der Waals surface area contributed by atoms with Crippen LogP contribution in [0.4, 0.5) is 23.7 Å². The van der Waals surface area contributed by atoms with E-state index in [9.17, 15) is 26.4 Å². The van der Waals surface area contributed by atoms with Crippen molar-refractivity contribution in [1.82, 2.24) is 9.62 Å². The minimum absolute atomic E-state index is 0.125. The van der Waals surface area contributed by atoms with Gasteiger partial charge in [-0.3, -0.25) is 0 Å². The Bertz CT molecular complexity index is 678. The summed E-state index contributed by atoms with van der Waals surface area (Å²) in [7, 11) is -0.846. The standard InChI is InChI=1S/C12H15ClF3N3O3S/c1-19(2)23(21,22)6-5-17-11(20)18-10-4-3-8(13)7-9(10)12(14,15)16/h3-4,7H,5-6H2,1-2H3,(H2,17,18,20). The molecule has 6 nitrogen and oxygen atoms in total. The van der Waals surface area contributed by atoms with Crippen LogP contribution in [0.2, 0.25) is 5.02 Å². The zero-order chi connectivity index (χ0) is 17.8. The van der Waals surface area contributed by atoms with Gasteiger partial charge < -0.3 is 10.6 Å². The number of halogens is 4. The molecule has 0 spiro atoms. The van der Waals surface area contributed by atoms with Crippen molar-refractivity contribution in [3.63, 3.8) is 0 Å². The molecular weight excluding hydrogens is 359 g/mol. The Balaban J connectivity index is 2.72. The predicted octanol–water partition coefficient (Wildman–Crippen LogP) is 2.37. The third-order valence-corrected chi connectivity index (χ3v) is 4.80. The fourth-order valence-electron chi connectivity index (χ4n) is 1.50. The van der Waals surface area contributed by atoms with Gasteiger partial charge in [-0.1, -0.05) is 11.6 Å². The van der Waals surface area contributed by atoms with Gasteiger partial charge in [-0.05, 0) is 18.2 Å².